The Morgan fingerprint density at radius 2 is 2.33 bits per heavy atom. The zero-order valence-corrected chi connectivity index (χ0v) is 14.7. The molecule has 0 saturated carbocycles. The summed E-state index contributed by atoms with van der Waals surface area (Å²) in [5.74, 6) is 0.546. The van der Waals surface area contributed by atoms with Crippen LogP contribution in [0.2, 0.25) is 0 Å². The number of aryl methyl sites for hydroxylation is 1. The molecule has 24 heavy (non-hydrogen) atoms. The van der Waals surface area contributed by atoms with E-state index in [0.29, 0.717) is 16.6 Å². The molecule has 1 amide bonds. The SMILES string of the molecule is C[C@H]1CCc2sc(C(=O)OCC(=O)N[C@@H](C)c3ccco3)cc2C1. The molecule has 3 rings (SSSR count). The quantitative estimate of drug-likeness (QED) is 0.841. The van der Waals surface area contributed by atoms with E-state index in [9.17, 15) is 9.59 Å². The Labute approximate surface area is 145 Å². The first-order chi connectivity index (χ1) is 11.5. The lowest BCUT2D eigenvalue weighted by Gasteiger charge is -2.16. The number of fused-ring (bicyclic) bond motifs is 1. The van der Waals surface area contributed by atoms with Gasteiger partial charge in [0.25, 0.3) is 5.91 Å². The van der Waals surface area contributed by atoms with E-state index in [1.54, 1.807) is 18.4 Å². The third kappa shape index (κ3) is 3.87. The summed E-state index contributed by atoms with van der Waals surface area (Å²) in [5, 5.41) is 2.74. The van der Waals surface area contributed by atoms with Crippen LogP contribution in [-0.4, -0.2) is 18.5 Å². The van der Waals surface area contributed by atoms with Crippen molar-refractivity contribution >= 4 is 23.2 Å². The Bertz CT molecular complexity index is 719. The molecule has 0 fully saturated rings. The molecule has 0 aromatic carbocycles. The van der Waals surface area contributed by atoms with Crippen molar-refractivity contribution in [3.05, 3.63) is 45.5 Å². The van der Waals surface area contributed by atoms with E-state index in [1.165, 1.54) is 21.8 Å². The molecule has 5 nitrogen and oxygen atoms in total. The molecular formula is C18H21NO4S. The molecule has 128 valence electrons. The van der Waals surface area contributed by atoms with Crippen LogP contribution in [0, 0.1) is 5.92 Å². The van der Waals surface area contributed by atoms with Gasteiger partial charge in [0.05, 0.1) is 12.3 Å². The minimum Gasteiger partial charge on any atom is -0.467 e. The van der Waals surface area contributed by atoms with E-state index in [1.807, 2.05) is 13.0 Å². The predicted molar refractivity (Wildman–Crippen MR) is 91.1 cm³/mol. The van der Waals surface area contributed by atoms with Crippen LogP contribution in [0.15, 0.2) is 28.9 Å². The third-order valence-electron chi connectivity index (χ3n) is 4.21. The molecule has 1 aliphatic rings. The Morgan fingerprint density at radius 3 is 3.08 bits per heavy atom. The lowest BCUT2D eigenvalue weighted by atomic mass is 9.90. The van der Waals surface area contributed by atoms with Crippen LogP contribution in [0.5, 0.6) is 0 Å². The van der Waals surface area contributed by atoms with Gasteiger partial charge in [0.15, 0.2) is 6.61 Å². The Morgan fingerprint density at radius 1 is 1.50 bits per heavy atom. The summed E-state index contributed by atoms with van der Waals surface area (Å²) in [6.07, 6.45) is 4.75. The summed E-state index contributed by atoms with van der Waals surface area (Å²) >= 11 is 1.49. The maximum Gasteiger partial charge on any atom is 0.348 e. The summed E-state index contributed by atoms with van der Waals surface area (Å²) in [4.78, 5) is 25.9. The standard InChI is InChI=1S/C18H21NO4S/c1-11-5-6-15-13(8-11)9-16(24-15)18(21)23-10-17(20)19-12(2)14-4-3-7-22-14/h3-4,7,9,11-12H,5-6,8,10H2,1-2H3,(H,19,20)/t11-,12-/m0/s1. The molecular weight excluding hydrogens is 326 g/mol. The van der Waals surface area contributed by atoms with E-state index in [-0.39, 0.29) is 18.6 Å². The molecule has 0 unspecified atom stereocenters. The second kappa shape index (κ2) is 7.21. The van der Waals surface area contributed by atoms with Gasteiger partial charge in [-0.15, -0.1) is 11.3 Å². The smallest absolute Gasteiger partial charge is 0.348 e. The number of thiophene rings is 1. The number of carbonyl (C=O) groups is 2. The molecule has 1 aliphatic carbocycles. The van der Waals surface area contributed by atoms with Gasteiger partial charge in [-0.25, -0.2) is 4.79 Å². The average molecular weight is 347 g/mol. The lowest BCUT2D eigenvalue weighted by Crippen LogP contribution is -2.30. The van der Waals surface area contributed by atoms with E-state index in [4.69, 9.17) is 9.15 Å². The van der Waals surface area contributed by atoms with E-state index in [0.717, 1.165) is 19.3 Å². The van der Waals surface area contributed by atoms with Crippen LogP contribution >= 0.6 is 11.3 Å². The Hall–Kier alpha value is -2.08. The van der Waals surface area contributed by atoms with Gasteiger partial charge in [-0.3, -0.25) is 4.79 Å². The van der Waals surface area contributed by atoms with Gasteiger partial charge < -0.3 is 14.5 Å². The van der Waals surface area contributed by atoms with Gasteiger partial charge in [-0.05, 0) is 55.9 Å². The highest BCUT2D eigenvalue weighted by Crippen LogP contribution is 2.32. The second-order valence-corrected chi connectivity index (χ2v) is 7.42. The summed E-state index contributed by atoms with van der Waals surface area (Å²) in [7, 11) is 0. The van der Waals surface area contributed by atoms with Gasteiger partial charge in [0, 0.05) is 4.88 Å². The minimum absolute atomic E-state index is 0.262. The molecule has 0 bridgehead atoms. The molecule has 1 N–H and O–H groups in total. The topological polar surface area (TPSA) is 68.5 Å². The van der Waals surface area contributed by atoms with E-state index in [2.05, 4.69) is 12.2 Å². The number of hydrogen-bond acceptors (Lipinski definition) is 5. The van der Waals surface area contributed by atoms with Crippen LogP contribution in [0.3, 0.4) is 0 Å². The van der Waals surface area contributed by atoms with E-state index >= 15 is 0 Å². The van der Waals surface area contributed by atoms with Gasteiger partial charge in [-0.1, -0.05) is 6.92 Å². The zero-order valence-electron chi connectivity index (χ0n) is 13.8. The Kier molecular flexibility index (Phi) is 5.04. The minimum atomic E-state index is -0.428. The zero-order chi connectivity index (χ0) is 17.1. The first-order valence-corrected chi connectivity index (χ1v) is 8.96. The molecule has 2 aromatic rings. The van der Waals surface area contributed by atoms with Gasteiger partial charge in [-0.2, -0.15) is 0 Å². The molecule has 0 saturated heterocycles. The molecule has 0 aliphatic heterocycles. The highest BCUT2D eigenvalue weighted by Gasteiger charge is 2.22. The fraction of sp³-hybridized carbons (Fsp3) is 0.444. The van der Waals surface area contributed by atoms with Crippen molar-refractivity contribution in [2.75, 3.05) is 6.61 Å². The van der Waals surface area contributed by atoms with Crippen molar-refractivity contribution in [1.29, 1.82) is 0 Å². The number of amides is 1. The number of carbonyl (C=O) groups excluding carboxylic acids is 2. The first kappa shape index (κ1) is 16.8. The van der Waals surface area contributed by atoms with Crippen LogP contribution in [0.25, 0.3) is 0 Å². The molecule has 2 atom stereocenters. The summed E-state index contributed by atoms with van der Waals surface area (Å²) in [5.41, 5.74) is 1.25. The second-order valence-electron chi connectivity index (χ2n) is 6.29. The fourth-order valence-electron chi connectivity index (χ4n) is 2.90. The van der Waals surface area contributed by atoms with Crippen molar-refractivity contribution in [3.63, 3.8) is 0 Å². The fourth-order valence-corrected chi connectivity index (χ4v) is 4.00. The highest BCUT2D eigenvalue weighted by atomic mass is 32.1. The average Bonchev–Trinajstić information content (AvgIpc) is 3.21. The number of hydrogen-bond donors (Lipinski definition) is 1. The summed E-state index contributed by atoms with van der Waals surface area (Å²) in [6.45, 7) is 3.75. The Balaban J connectivity index is 1.51. The monoisotopic (exact) mass is 347 g/mol. The lowest BCUT2D eigenvalue weighted by molar-refractivity contribution is -0.125. The number of nitrogens with one attached hydrogen (secondary N) is 1. The number of rotatable bonds is 5. The first-order valence-electron chi connectivity index (χ1n) is 8.14. The van der Waals surface area contributed by atoms with Gasteiger partial charge in [0.2, 0.25) is 0 Å². The largest absolute Gasteiger partial charge is 0.467 e. The van der Waals surface area contributed by atoms with Crippen molar-refractivity contribution < 1.29 is 18.7 Å². The molecule has 0 spiro atoms. The molecule has 2 aromatic heterocycles. The van der Waals surface area contributed by atoms with Crippen molar-refractivity contribution in [2.24, 2.45) is 5.92 Å². The number of esters is 1. The summed E-state index contributed by atoms with van der Waals surface area (Å²) in [6, 6.07) is 5.20. The predicted octanol–water partition coefficient (Wildman–Crippen LogP) is 3.50. The van der Waals surface area contributed by atoms with E-state index < -0.39 is 5.97 Å². The molecule has 0 radical (unpaired) electrons. The molecule has 2 heterocycles. The number of furan rings is 1. The van der Waals surface area contributed by atoms with Crippen LogP contribution in [0.1, 0.15) is 52.2 Å². The maximum absolute atomic E-state index is 12.2. The molecule has 6 heteroatoms. The van der Waals surface area contributed by atoms with Crippen molar-refractivity contribution in [3.8, 4) is 0 Å². The van der Waals surface area contributed by atoms with Gasteiger partial charge in [0.1, 0.15) is 10.6 Å². The normalized spacial score (nSPS) is 17.8. The maximum atomic E-state index is 12.2. The highest BCUT2D eigenvalue weighted by molar-refractivity contribution is 7.14. The van der Waals surface area contributed by atoms with Crippen LogP contribution in [0.4, 0.5) is 0 Å². The number of ether oxygens (including phenoxy) is 1. The van der Waals surface area contributed by atoms with Crippen molar-refractivity contribution in [2.45, 2.75) is 39.2 Å². The summed E-state index contributed by atoms with van der Waals surface area (Å²) < 4.78 is 10.4. The van der Waals surface area contributed by atoms with Crippen LogP contribution < -0.4 is 5.32 Å². The van der Waals surface area contributed by atoms with Gasteiger partial charge >= 0.3 is 5.97 Å². The van der Waals surface area contributed by atoms with Crippen LogP contribution in [-0.2, 0) is 22.4 Å². The van der Waals surface area contributed by atoms with Crippen molar-refractivity contribution in [1.82, 2.24) is 5.32 Å². The third-order valence-corrected chi connectivity index (χ3v) is 5.43.